The summed E-state index contributed by atoms with van der Waals surface area (Å²) in [5.74, 6) is -4.84. The average Bonchev–Trinajstić information content (AvgIpc) is 2.50. The van der Waals surface area contributed by atoms with Gasteiger partial charge in [0.2, 0.25) is 0 Å². The van der Waals surface area contributed by atoms with Crippen molar-refractivity contribution >= 4 is 33.2 Å². The third kappa shape index (κ3) is 4.09. The van der Waals surface area contributed by atoms with Crippen molar-refractivity contribution in [2.24, 2.45) is 5.92 Å². The minimum atomic E-state index is -3.95. The Hall–Kier alpha value is -2.66. The summed E-state index contributed by atoms with van der Waals surface area (Å²) < 4.78 is 32.5. The number of rotatable bonds is 5. The maximum absolute atomic E-state index is 13.0. The van der Waals surface area contributed by atoms with Crippen LogP contribution in [-0.4, -0.2) is 48.1 Å². The minimum absolute atomic E-state index is 0.379. The topological polar surface area (TPSA) is 147 Å². The summed E-state index contributed by atoms with van der Waals surface area (Å²) in [6.07, 6.45) is 0.751. The van der Waals surface area contributed by atoms with Crippen molar-refractivity contribution in [3.05, 3.63) is 33.9 Å². The largest absolute Gasteiger partial charge is 0.382 e. The summed E-state index contributed by atoms with van der Waals surface area (Å²) in [4.78, 5) is 48.7. The smallest absolute Gasteiger partial charge is 0.306 e. The summed E-state index contributed by atoms with van der Waals surface area (Å²) in [6.45, 7) is 5.62. The van der Waals surface area contributed by atoms with Crippen molar-refractivity contribution in [1.29, 1.82) is 0 Å². The molecule has 1 aliphatic rings. The number of carbonyl (C=O) groups is 3. The second-order valence-corrected chi connectivity index (χ2v) is 8.95. The molecule has 1 fully saturated rings. The zero-order valence-corrected chi connectivity index (χ0v) is 16.7. The molecule has 0 N–H and O–H groups in total. The van der Waals surface area contributed by atoms with Crippen molar-refractivity contribution in [2.45, 2.75) is 38.9 Å². The normalized spacial score (nSPS) is 19.3. The van der Waals surface area contributed by atoms with Crippen molar-refractivity contribution in [3.8, 4) is 5.75 Å². The Morgan fingerprint density at radius 1 is 1.14 bits per heavy atom. The highest BCUT2D eigenvalue weighted by Crippen LogP contribution is 2.37. The zero-order valence-electron chi connectivity index (χ0n) is 15.8. The number of carbonyl (C=O) groups excluding carboxylic acids is 3. The van der Waals surface area contributed by atoms with E-state index in [-0.39, 0.29) is 5.75 Å². The van der Waals surface area contributed by atoms with Crippen LogP contribution in [0, 0.1) is 16.0 Å². The van der Waals surface area contributed by atoms with Crippen LogP contribution >= 0.6 is 0 Å². The van der Waals surface area contributed by atoms with E-state index < -0.39 is 60.8 Å². The number of hydrogen-bond donors (Lipinski definition) is 0. The van der Waals surface area contributed by atoms with Gasteiger partial charge in [-0.05, 0) is 39.8 Å². The summed E-state index contributed by atoms with van der Waals surface area (Å²) in [5.41, 5.74) is -4.20. The molecule has 0 amide bonds. The molecule has 0 bridgehead atoms. The van der Waals surface area contributed by atoms with E-state index in [4.69, 9.17) is 4.74 Å². The van der Waals surface area contributed by atoms with Gasteiger partial charge < -0.3 is 8.92 Å². The first-order valence-corrected chi connectivity index (χ1v) is 9.89. The van der Waals surface area contributed by atoms with Crippen LogP contribution < -0.4 is 4.18 Å². The van der Waals surface area contributed by atoms with Crippen molar-refractivity contribution in [2.75, 3.05) is 6.26 Å². The lowest BCUT2D eigenvalue weighted by atomic mass is 9.75. The van der Waals surface area contributed by atoms with Crippen LogP contribution in [0.4, 0.5) is 5.69 Å². The monoisotopic (exact) mass is 413 g/mol. The molecule has 1 heterocycles. The third-order valence-corrected chi connectivity index (χ3v) is 4.66. The SMILES string of the molecule is CC1(C)OC(C)(C)C(=O)C(C(=O)c2ccc(OS(C)(=O)=O)cc2[N+](=O)[O-])C1=O. The first-order valence-electron chi connectivity index (χ1n) is 8.08. The molecular formula is C17H19NO9S. The van der Waals surface area contributed by atoms with Crippen LogP contribution in [0.5, 0.6) is 5.75 Å². The Bertz CT molecular complexity index is 966. The predicted octanol–water partition coefficient (Wildman–Crippen LogP) is 1.46. The molecule has 11 heteroatoms. The highest BCUT2D eigenvalue weighted by Gasteiger charge is 2.55. The van der Waals surface area contributed by atoms with E-state index in [0.29, 0.717) is 0 Å². The number of hydrogen-bond acceptors (Lipinski definition) is 9. The molecule has 0 saturated carbocycles. The first-order chi connectivity index (χ1) is 12.6. The van der Waals surface area contributed by atoms with Crippen LogP contribution in [0.1, 0.15) is 38.1 Å². The number of nitro groups is 1. The quantitative estimate of drug-likeness (QED) is 0.230. The van der Waals surface area contributed by atoms with E-state index in [9.17, 15) is 32.9 Å². The second kappa shape index (κ2) is 6.74. The molecule has 0 aliphatic carbocycles. The van der Waals surface area contributed by atoms with Crippen LogP contribution in [0.2, 0.25) is 0 Å². The molecule has 0 aromatic heterocycles. The summed E-state index contributed by atoms with van der Waals surface area (Å²) in [6, 6.07) is 2.74. The number of ether oxygens (including phenoxy) is 1. The first kappa shape index (κ1) is 21.6. The Morgan fingerprint density at radius 2 is 1.64 bits per heavy atom. The van der Waals surface area contributed by atoms with Gasteiger partial charge in [0.15, 0.2) is 17.3 Å². The Balaban J connectivity index is 2.57. The average molecular weight is 413 g/mol. The molecule has 0 spiro atoms. The van der Waals surface area contributed by atoms with Gasteiger partial charge in [-0.2, -0.15) is 8.42 Å². The molecular weight excluding hydrogens is 394 g/mol. The molecule has 0 atom stereocenters. The van der Waals surface area contributed by atoms with Crippen molar-refractivity contribution in [3.63, 3.8) is 0 Å². The maximum Gasteiger partial charge on any atom is 0.306 e. The fourth-order valence-corrected chi connectivity index (χ4v) is 3.50. The molecule has 28 heavy (non-hydrogen) atoms. The standard InChI is InChI=1S/C17H19NO9S/c1-16(2)14(20)12(15(21)17(3,4)27-16)13(19)10-7-6-9(26-28(5,24)25)8-11(10)18(22)23/h6-8,12H,1-5H3. The fraction of sp³-hybridized carbons (Fsp3) is 0.471. The number of benzene rings is 1. The molecule has 0 radical (unpaired) electrons. The van der Waals surface area contributed by atoms with Gasteiger partial charge >= 0.3 is 10.1 Å². The molecule has 1 saturated heterocycles. The molecule has 152 valence electrons. The van der Waals surface area contributed by atoms with Gasteiger partial charge in [0, 0.05) is 0 Å². The zero-order chi connectivity index (χ0) is 21.7. The fourth-order valence-electron chi connectivity index (χ4n) is 3.04. The molecule has 0 unspecified atom stereocenters. The van der Waals surface area contributed by atoms with E-state index in [0.717, 1.165) is 24.5 Å². The number of ketones is 3. The summed E-state index contributed by atoms with van der Waals surface area (Å²) in [7, 11) is -3.95. The Morgan fingerprint density at radius 3 is 2.07 bits per heavy atom. The van der Waals surface area contributed by atoms with E-state index in [1.54, 1.807) is 0 Å². The molecule has 1 aromatic rings. The van der Waals surface area contributed by atoms with E-state index in [1.807, 2.05) is 0 Å². The lowest BCUT2D eigenvalue weighted by Gasteiger charge is -2.41. The Kier molecular flexibility index (Phi) is 5.21. The minimum Gasteiger partial charge on any atom is -0.382 e. The third-order valence-electron chi connectivity index (χ3n) is 4.16. The van der Waals surface area contributed by atoms with Crippen molar-refractivity contribution < 1.29 is 36.6 Å². The summed E-state index contributed by atoms with van der Waals surface area (Å²) >= 11 is 0. The number of Topliss-reactive ketones (excluding diaryl/α,β-unsaturated/α-hetero) is 3. The molecule has 2 rings (SSSR count). The van der Waals surface area contributed by atoms with E-state index in [1.165, 1.54) is 27.7 Å². The van der Waals surface area contributed by atoms with Crippen molar-refractivity contribution in [1.82, 2.24) is 0 Å². The molecule has 10 nitrogen and oxygen atoms in total. The van der Waals surface area contributed by atoms with Crippen LogP contribution in [0.15, 0.2) is 18.2 Å². The lowest BCUT2D eigenvalue weighted by Crippen LogP contribution is -2.60. The molecule has 1 aliphatic heterocycles. The Labute approximate surface area is 161 Å². The predicted molar refractivity (Wildman–Crippen MR) is 95.6 cm³/mol. The number of nitrogens with zero attached hydrogens (tertiary/aromatic N) is 1. The van der Waals surface area contributed by atoms with Gasteiger partial charge in [-0.1, -0.05) is 0 Å². The van der Waals surface area contributed by atoms with Gasteiger partial charge in [0.25, 0.3) is 5.69 Å². The van der Waals surface area contributed by atoms with Gasteiger partial charge in [0.1, 0.15) is 22.9 Å². The van der Waals surface area contributed by atoms with Gasteiger partial charge in [-0.15, -0.1) is 0 Å². The molecule has 1 aromatic carbocycles. The van der Waals surface area contributed by atoms with Gasteiger partial charge in [-0.25, -0.2) is 0 Å². The van der Waals surface area contributed by atoms with Crippen LogP contribution in [-0.2, 0) is 24.4 Å². The van der Waals surface area contributed by atoms with E-state index >= 15 is 0 Å². The second-order valence-electron chi connectivity index (χ2n) is 7.37. The van der Waals surface area contributed by atoms with Crippen LogP contribution in [0.25, 0.3) is 0 Å². The van der Waals surface area contributed by atoms with E-state index in [2.05, 4.69) is 4.18 Å². The highest BCUT2D eigenvalue weighted by molar-refractivity contribution is 7.86. The number of nitro benzene ring substituents is 1. The highest BCUT2D eigenvalue weighted by atomic mass is 32.2. The van der Waals surface area contributed by atoms with Crippen LogP contribution in [0.3, 0.4) is 0 Å². The maximum atomic E-state index is 13.0. The van der Waals surface area contributed by atoms with Gasteiger partial charge in [-0.3, -0.25) is 24.5 Å². The summed E-state index contributed by atoms with van der Waals surface area (Å²) in [5, 5.41) is 11.4. The lowest BCUT2D eigenvalue weighted by molar-refractivity contribution is -0.385. The van der Waals surface area contributed by atoms with Gasteiger partial charge in [0.05, 0.1) is 22.8 Å².